The van der Waals surface area contributed by atoms with Gasteiger partial charge in [-0.3, -0.25) is 14.3 Å². The van der Waals surface area contributed by atoms with E-state index in [1.807, 2.05) is 0 Å². The van der Waals surface area contributed by atoms with Crippen molar-refractivity contribution in [1.29, 1.82) is 0 Å². The van der Waals surface area contributed by atoms with Crippen molar-refractivity contribution in [3.05, 3.63) is 16.7 Å². The average molecular weight is 325 g/mol. The normalized spacial score (nSPS) is 27.8. The summed E-state index contributed by atoms with van der Waals surface area (Å²) >= 11 is 0. The molecule has 4 N–H and O–H groups in total. The highest BCUT2D eigenvalue weighted by molar-refractivity contribution is 5.70. The monoisotopic (exact) mass is 325 g/mol. The van der Waals surface area contributed by atoms with Gasteiger partial charge >= 0.3 is 0 Å². The second kappa shape index (κ2) is 5.89. The number of imidazole rings is 1. The first-order chi connectivity index (χ1) is 11.0. The fourth-order valence-corrected chi connectivity index (χ4v) is 2.98. The predicted molar refractivity (Wildman–Crippen MR) is 79.8 cm³/mol. The van der Waals surface area contributed by atoms with Crippen molar-refractivity contribution >= 4 is 17.1 Å². The SMILES string of the molecule is COC[C@@]1(CO)O[C@@H](n2cnc3c(=O)[nH]c(N)nc32)C[C@H]1OC. The van der Waals surface area contributed by atoms with Gasteiger partial charge in [-0.05, 0) is 0 Å². The molecule has 10 nitrogen and oxygen atoms in total. The summed E-state index contributed by atoms with van der Waals surface area (Å²) in [6.07, 6.45) is 1.01. The van der Waals surface area contributed by atoms with Gasteiger partial charge in [0.1, 0.15) is 11.8 Å². The Morgan fingerprint density at radius 3 is 3.04 bits per heavy atom. The number of nitrogens with two attached hydrogens (primary N) is 1. The van der Waals surface area contributed by atoms with Gasteiger partial charge in [0.15, 0.2) is 11.2 Å². The summed E-state index contributed by atoms with van der Waals surface area (Å²) in [5.74, 6) is -0.00384. The van der Waals surface area contributed by atoms with Gasteiger partial charge in [-0.15, -0.1) is 0 Å². The minimum absolute atomic E-state index is 0.00384. The lowest BCUT2D eigenvalue weighted by Crippen LogP contribution is -2.48. The van der Waals surface area contributed by atoms with Crippen LogP contribution in [0.4, 0.5) is 5.95 Å². The highest BCUT2D eigenvalue weighted by Gasteiger charge is 2.50. The molecule has 1 aliphatic heterocycles. The van der Waals surface area contributed by atoms with Crippen molar-refractivity contribution in [3.8, 4) is 0 Å². The van der Waals surface area contributed by atoms with Gasteiger partial charge in [0.25, 0.3) is 5.56 Å². The zero-order valence-electron chi connectivity index (χ0n) is 12.9. The number of nitrogens with zero attached hydrogens (tertiary/aromatic N) is 3. The maximum Gasteiger partial charge on any atom is 0.280 e. The number of nitrogens with one attached hydrogen (secondary N) is 1. The van der Waals surface area contributed by atoms with Crippen LogP contribution >= 0.6 is 0 Å². The molecule has 3 atom stereocenters. The lowest BCUT2D eigenvalue weighted by molar-refractivity contribution is -0.160. The Morgan fingerprint density at radius 2 is 2.39 bits per heavy atom. The van der Waals surface area contributed by atoms with Crippen LogP contribution in [-0.2, 0) is 14.2 Å². The van der Waals surface area contributed by atoms with Gasteiger partial charge in [0.05, 0.1) is 25.6 Å². The highest BCUT2D eigenvalue weighted by atomic mass is 16.6. The number of aromatic nitrogens is 4. The molecule has 0 spiro atoms. The number of aliphatic hydroxyl groups is 1. The number of ether oxygens (including phenoxy) is 3. The summed E-state index contributed by atoms with van der Waals surface area (Å²) < 4.78 is 18.2. The van der Waals surface area contributed by atoms with Crippen LogP contribution in [0, 0.1) is 0 Å². The van der Waals surface area contributed by atoms with Crippen molar-refractivity contribution in [2.75, 3.05) is 33.2 Å². The van der Waals surface area contributed by atoms with Crippen molar-refractivity contribution in [2.45, 2.75) is 24.4 Å². The third kappa shape index (κ3) is 2.49. The van der Waals surface area contributed by atoms with E-state index in [0.717, 1.165) is 0 Å². The molecule has 3 heterocycles. The number of H-pyrrole nitrogens is 1. The number of aliphatic hydroxyl groups excluding tert-OH is 1. The molecule has 0 aromatic carbocycles. The largest absolute Gasteiger partial charge is 0.393 e. The number of hydrogen-bond donors (Lipinski definition) is 3. The summed E-state index contributed by atoms with van der Waals surface area (Å²) in [7, 11) is 3.07. The van der Waals surface area contributed by atoms with E-state index in [9.17, 15) is 9.90 Å². The van der Waals surface area contributed by atoms with E-state index >= 15 is 0 Å². The van der Waals surface area contributed by atoms with Crippen LogP contribution in [0.25, 0.3) is 11.2 Å². The van der Waals surface area contributed by atoms with E-state index in [0.29, 0.717) is 12.1 Å². The minimum atomic E-state index is -0.989. The molecular weight excluding hydrogens is 306 g/mol. The number of fused-ring (bicyclic) bond motifs is 1. The number of hydrogen-bond acceptors (Lipinski definition) is 8. The maximum absolute atomic E-state index is 11.9. The molecule has 1 aliphatic rings. The zero-order chi connectivity index (χ0) is 16.6. The highest BCUT2D eigenvalue weighted by Crippen LogP contribution is 2.39. The number of aromatic amines is 1. The maximum atomic E-state index is 11.9. The first-order valence-electron chi connectivity index (χ1n) is 7.07. The number of nitrogen functional groups attached to an aromatic ring is 1. The van der Waals surface area contributed by atoms with Crippen LogP contribution in [0.1, 0.15) is 12.6 Å². The molecule has 1 saturated heterocycles. The summed E-state index contributed by atoms with van der Waals surface area (Å²) in [5, 5.41) is 9.77. The van der Waals surface area contributed by atoms with Crippen LogP contribution in [0.15, 0.2) is 11.1 Å². The second-order valence-electron chi connectivity index (χ2n) is 5.46. The van der Waals surface area contributed by atoms with Crippen molar-refractivity contribution < 1.29 is 19.3 Å². The lowest BCUT2D eigenvalue weighted by Gasteiger charge is -2.30. The smallest absolute Gasteiger partial charge is 0.280 e. The fourth-order valence-electron chi connectivity index (χ4n) is 2.98. The van der Waals surface area contributed by atoms with E-state index in [1.54, 1.807) is 11.7 Å². The topological polar surface area (TPSA) is 138 Å². The molecule has 0 saturated carbocycles. The third-order valence-corrected chi connectivity index (χ3v) is 4.07. The first kappa shape index (κ1) is 15.9. The van der Waals surface area contributed by atoms with Crippen LogP contribution in [0.3, 0.4) is 0 Å². The van der Waals surface area contributed by atoms with E-state index < -0.39 is 17.4 Å². The summed E-state index contributed by atoms with van der Waals surface area (Å²) in [6.45, 7) is -0.0973. The van der Waals surface area contributed by atoms with Gasteiger partial charge in [-0.2, -0.15) is 4.98 Å². The average Bonchev–Trinajstić information content (AvgIpc) is 3.09. The van der Waals surface area contributed by atoms with E-state index in [1.165, 1.54) is 13.4 Å². The van der Waals surface area contributed by atoms with Gasteiger partial charge in [0, 0.05) is 20.6 Å². The Labute approximate surface area is 131 Å². The second-order valence-corrected chi connectivity index (χ2v) is 5.46. The van der Waals surface area contributed by atoms with E-state index in [4.69, 9.17) is 19.9 Å². The lowest BCUT2D eigenvalue weighted by atomic mass is 9.98. The number of anilines is 1. The molecule has 0 aliphatic carbocycles. The van der Waals surface area contributed by atoms with E-state index in [-0.39, 0.29) is 30.8 Å². The molecule has 0 amide bonds. The minimum Gasteiger partial charge on any atom is -0.393 e. The van der Waals surface area contributed by atoms with E-state index in [2.05, 4.69) is 15.0 Å². The molecule has 2 aromatic rings. The van der Waals surface area contributed by atoms with Gasteiger partial charge < -0.3 is 25.1 Å². The van der Waals surface area contributed by atoms with Crippen molar-refractivity contribution in [1.82, 2.24) is 19.5 Å². The van der Waals surface area contributed by atoms with Crippen molar-refractivity contribution in [3.63, 3.8) is 0 Å². The molecule has 10 heteroatoms. The number of rotatable bonds is 5. The number of methoxy groups -OCH3 is 2. The Bertz CT molecular complexity index is 759. The summed E-state index contributed by atoms with van der Waals surface area (Å²) in [4.78, 5) is 22.4. The summed E-state index contributed by atoms with van der Waals surface area (Å²) in [6, 6.07) is 0. The third-order valence-electron chi connectivity index (χ3n) is 4.07. The van der Waals surface area contributed by atoms with Gasteiger partial charge in [0.2, 0.25) is 5.95 Å². The molecule has 3 rings (SSSR count). The molecule has 126 valence electrons. The first-order valence-corrected chi connectivity index (χ1v) is 7.07. The molecule has 2 aromatic heterocycles. The molecule has 1 fully saturated rings. The standard InChI is InChI=1S/C13H19N5O5/c1-21-5-13(4-19)7(22-2)3-8(23-13)18-6-15-9-10(18)16-12(14)17-11(9)20/h6-8,19H,3-5H2,1-2H3,(H3,14,16,17,20)/t7-,8-,13-/m1/s1. The Morgan fingerprint density at radius 1 is 1.61 bits per heavy atom. The zero-order valence-corrected chi connectivity index (χ0v) is 12.9. The molecule has 0 radical (unpaired) electrons. The van der Waals surface area contributed by atoms with Crippen LogP contribution < -0.4 is 11.3 Å². The Hall–Kier alpha value is -2.01. The molecular formula is C13H19N5O5. The van der Waals surface area contributed by atoms with Crippen LogP contribution in [-0.4, -0.2) is 63.8 Å². The van der Waals surface area contributed by atoms with Crippen LogP contribution in [0.2, 0.25) is 0 Å². The summed E-state index contributed by atoms with van der Waals surface area (Å²) in [5.41, 5.74) is 4.68. The quantitative estimate of drug-likeness (QED) is 0.637. The Kier molecular flexibility index (Phi) is 4.06. The van der Waals surface area contributed by atoms with Crippen molar-refractivity contribution in [2.24, 2.45) is 0 Å². The Balaban J connectivity index is 2.02. The molecule has 23 heavy (non-hydrogen) atoms. The van der Waals surface area contributed by atoms with Crippen LogP contribution in [0.5, 0.6) is 0 Å². The predicted octanol–water partition coefficient (Wildman–Crippen LogP) is -0.987. The van der Waals surface area contributed by atoms with Gasteiger partial charge in [-0.25, -0.2) is 4.98 Å². The fraction of sp³-hybridized carbons (Fsp3) is 0.615. The molecule has 0 bridgehead atoms. The van der Waals surface area contributed by atoms with Gasteiger partial charge in [-0.1, -0.05) is 0 Å². The molecule has 0 unspecified atom stereocenters.